The first-order valence-electron chi connectivity index (χ1n) is 7.26. The lowest BCUT2D eigenvalue weighted by Crippen LogP contribution is -2.44. The maximum absolute atomic E-state index is 5.48. The summed E-state index contributed by atoms with van der Waals surface area (Å²) in [6.45, 7) is 2.21. The van der Waals surface area contributed by atoms with Crippen molar-refractivity contribution in [2.75, 3.05) is 27.1 Å². The number of hydrogen-bond donors (Lipinski definition) is 0. The van der Waals surface area contributed by atoms with Gasteiger partial charge in [0, 0.05) is 33.1 Å². The van der Waals surface area contributed by atoms with Crippen LogP contribution in [0.3, 0.4) is 0 Å². The molecule has 1 aromatic heterocycles. The zero-order chi connectivity index (χ0) is 17.4. The number of hydrogen-bond acceptors (Lipinski definition) is 9. The van der Waals surface area contributed by atoms with Crippen LogP contribution in [-0.2, 0) is 13.3 Å². The molecule has 0 N–H and O–H groups in total. The molecule has 0 bridgehead atoms. The van der Waals surface area contributed by atoms with Crippen LogP contribution in [0, 0.1) is 5.92 Å². The van der Waals surface area contributed by atoms with Crippen LogP contribution in [-0.4, -0.2) is 40.9 Å². The van der Waals surface area contributed by atoms with Crippen LogP contribution in [0.1, 0.15) is 6.92 Å². The van der Waals surface area contributed by atoms with Crippen molar-refractivity contribution < 1.29 is 13.3 Å². The third-order valence-electron chi connectivity index (χ3n) is 3.34. The SMILES string of the molecule is CO[Si](CC(C)CSSSSc1nc2ccccc2s1)(OC)OC. The van der Waals surface area contributed by atoms with Gasteiger partial charge in [0.15, 0.2) is 4.34 Å². The third kappa shape index (κ3) is 6.10. The molecule has 0 aliphatic heterocycles. The highest BCUT2D eigenvalue weighted by molar-refractivity contribution is 9.26. The predicted octanol–water partition coefficient (Wildman–Crippen LogP) is 5.85. The number of thiazole rings is 1. The van der Waals surface area contributed by atoms with Gasteiger partial charge in [-0.05, 0) is 48.5 Å². The van der Waals surface area contributed by atoms with Crippen LogP contribution in [0.25, 0.3) is 10.2 Å². The van der Waals surface area contributed by atoms with Crippen LogP contribution in [0.2, 0.25) is 6.04 Å². The van der Waals surface area contributed by atoms with Crippen molar-refractivity contribution in [3.05, 3.63) is 24.3 Å². The van der Waals surface area contributed by atoms with Gasteiger partial charge >= 0.3 is 8.80 Å². The van der Waals surface area contributed by atoms with E-state index < -0.39 is 8.80 Å². The molecule has 1 unspecified atom stereocenters. The molecule has 0 spiro atoms. The standard InChI is InChI=1S/C14H21NO3S5Si/c1-11(10-24(16-2,17-3)18-4)9-19-22-23-21-14-15-12-7-5-6-8-13(12)20-14/h5-8,11H,9-10H2,1-4H3. The topological polar surface area (TPSA) is 40.6 Å². The van der Waals surface area contributed by atoms with Crippen LogP contribution in [0.5, 0.6) is 0 Å². The minimum atomic E-state index is -2.46. The summed E-state index contributed by atoms with van der Waals surface area (Å²) in [6.07, 6.45) is 0. The highest BCUT2D eigenvalue weighted by Gasteiger charge is 2.39. The molecule has 0 saturated carbocycles. The van der Waals surface area contributed by atoms with E-state index in [-0.39, 0.29) is 0 Å². The van der Waals surface area contributed by atoms with Crippen LogP contribution < -0.4 is 0 Å². The third-order valence-corrected chi connectivity index (χ3v) is 14.2. The van der Waals surface area contributed by atoms with Crippen molar-refractivity contribution in [3.8, 4) is 0 Å². The first kappa shape index (κ1) is 20.9. The summed E-state index contributed by atoms with van der Waals surface area (Å²) >= 11 is 1.74. The van der Waals surface area contributed by atoms with Crippen molar-refractivity contribution in [3.63, 3.8) is 0 Å². The summed E-state index contributed by atoms with van der Waals surface area (Å²) < 4.78 is 18.8. The molecule has 134 valence electrons. The largest absolute Gasteiger partial charge is 0.500 e. The zero-order valence-corrected chi connectivity index (χ0v) is 19.1. The van der Waals surface area contributed by atoms with Crippen molar-refractivity contribution >= 4 is 71.6 Å². The zero-order valence-electron chi connectivity index (χ0n) is 14.0. The van der Waals surface area contributed by atoms with Crippen molar-refractivity contribution in [2.24, 2.45) is 5.92 Å². The fraction of sp³-hybridized carbons (Fsp3) is 0.500. The Morgan fingerprint density at radius 1 is 1.12 bits per heavy atom. The molecule has 0 saturated heterocycles. The average Bonchev–Trinajstić information content (AvgIpc) is 3.02. The summed E-state index contributed by atoms with van der Waals surface area (Å²) in [5, 5.41) is 0. The van der Waals surface area contributed by atoms with Crippen LogP contribution in [0.4, 0.5) is 0 Å². The van der Waals surface area contributed by atoms with Gasteiger partial charge in [0.1, 0.15) is 0 Å². The summed E-state index contributed by atoms with van der Waals surface area (Å²) in [5.74, 6) is 1.50. The quantitative estimate of drug-likeness (QED) is 0.245. The Morgan fingerprint density at radius 3 is 2.50 bits per heavy atom. The van der Waals surface area contributed by atoms with E-state index in [1.165, 1.54) is 4.70 Å². The van der Waals surface area contributed by atoms with E-state index in [1.54, 1.807) is 63.1 Å². The molecule has 0 fully saturated rings. The Bertz CT molecular complexity index is 584. The maximum atomic E-state index is 5.48. The second-order valence-corrected chi connectivity index (χ2v) is 15.2. The molecule has 1 heterocycles. The molecule has 2 rings (SSSR count). The number of rotatable bonds is 11. The van der Waals surface area contributed by atoms with Crippen molar-refractivity contribution in [2.45, 2.75) is 17.3 Å². The first-order chi connectivity index (χ1) is 11.6. The normalized spacial score (nSPS) is 13.5. The van der Waals surface area contributed by atoms with Crippen LogP contribution in [0.15, 0.2) is 28.6 Å². The molecule has 2 aromatic rings. The molecule has 1 aromatic carbocycles. The van der Waals surface area contributed by atoms with E-state index in [4.69, 9.17) is 13.3 Å². The van der Waals surface area contributed by atoms with E-state index in [2.05, 4.69) is 30.1 Å². The lowest BCUT2D eigenvalue weighted by Gasteiger charge is -2.26. The van der Waals surface area contributed by atoms with Gasteiger partial charge < -0.3 is 13.3 Å². The minimum absolute atomic E-state index is 0.474. The van der Waals surface area contributed by atoms with E-state index in [0.717, 1.165) is 21.7 Å². The van der Waals surface area contributed by atoms with Gasteiger partial charge in [-0.25, -0.2) is 4.98 Å². The van der Waals surface area contributed by atoms with Gasteiger partial charge in [-0.15, -0.1) is 11.3 Å². The van der Waals surface area contributed by atoms with Gasteiger partial charge in [-0.2, -0.15) is 0 Å². The van der Waals surface area contributed by atoms with Gasteiger partial charge in [0.2, 0.25) is 0 Å². The lowest BCUT2D eigenvalue weighted by molar-refractivity contribution is 0.120. The molecule has 0 amide bonds. The average molecular weight is 440 g/mol. The first-order valence-corrected chi connectivity index (χ1v) is 15.0. The summed E-state index contributed by atoms with van der Waals surface area (Å²) in [6, 6.07) is 9.08. The van der Waals surface area contributed by atoms with Gasteiger partial charge in [-0.1, -0.05) is 29.9 Å². The molecule has 24 heavy (non-hydrogen) atoms. The molecule has 1 atom stereocenters. The number of aromatic nitrogens is 1. The van der Waals surface area contributed by atoms with Gasteiger partial charge in [0.05, 0.1) is 10.2 Å². The van der Waals surface area contributed by atoms with E-state index in [0.29, 0.717) is 5.92 Å². The smallest absolute Gasteiger partial charge is 0.377 e. The Balaban J connectivity index is 1.67. The maximum Gasteiger partial charge on any atom is 0.500 e. The Morgan fingerprint density at radius 2 is 1.83 bits per heavy atom. The minimum Gasteiger partial charge on any atom is -0.377 e. The van der Waals surface area contributed by atoms with Gasteiger partial charge in [0.25, 0.3) is 0 Å². The summed E-state index contributed by atoms with van der Waals surface area (Å²) in [5.41, 5.74) is 1.08. The van der Waals surface area contributed by atoms with E-state index >= 15 is 0 Å². The lowest BCUT2D eigenvalue weighted by atomic mass is 10.3. The monoisotopic (exact) mass is 439 g/mol. The second kappa shape index (κ2) is 10.7. The van der Waals surface area contributed by atoms with E-state index in [9.17, 15) is 0 Å². The number of nitrogens with zero attached hydrogens (tertiary/aromatic N) is 1. The van der Waals surface area contributed by atoms with Crippen LogP contribution >= 0.6 is 52.6 Å². The Hall–Kier alpha value is 0.607. The van der Waals surface area contributed by atoms with Crippen molar-refractivity contribution in [1.82, 2.24) is 4.98 Å². The van der Waals surface area contributed by atoms with Crippen molar-refractivity contribution in [1.29, 1.82) is 0 Å². The summed E-state index contributed by atoms with van der Waals surface area (Å²) in [4.78, 5) is 4.62. The predicted molar refractivity (Wildman–Crippen MR) is 114 cm³/mol. The van der Waals surface area contributed by atoms with E-state index in [1.807, 2.05) is 16.9 Å². The Labute approximate surface area is 163 Å². The highest BCUT2D eigenvalue weighted by Crippen LogP contribution is 2.48. The second-order valence-electron chi connectivity index (χ2n) is 5.06. The number of para-hydroxylation sites is 1. The Kier molecular flexibility index (Phi) is 9.31. The molecule has 10 heteroatoms. The number of benzene rings is 1. The highest BCUT2D eigenvalue weighted by atomic mass is 33.7. The molecule has 4 nitrogen and oxygen atoms in total. The summed E-state index contributed by atoms with van der Waals surface area (Å²) in [7, 11) is 9.66. The number of fused-ring (bicyclic) bond motifs is 1. The molecule has 0 radical (unpaired) electrons. The fourth-order valence-electron chi connectivity index (χ4n) is 2.08. The molecule has 0 aliphatic carbocycles. The molecular formula is C14H21NO3S5Si. The van der Waals surface area contributed by atoms with Gasteiger partial charge in [-0.3, -0.25) is 0 Å². The molecule has 0 aliphatic rings. The fourth-order valence-corrected chi connectivity index (χ4v) is 11.9. The molecular weight excluding hydrogens is 419 g/mol.